The van der Waals surface area contributed by atoms with Crippen molar-refractivity contribution in [3.8, 4) is 6.07 Å². The van der Waals surface area contributed by atoms with Gasteiger partial charge in [-0.2, -0.15) is 5.26 Å². The zero-order chi connectivity index (χ0) is 10.3. The summed E-state index contributed by atoms with van der Waals surface area (Å²) in [5, 5.41) is 17.1. The third kappa shape index (κ3) is 4.16. The molecule has 0 rings (SSSR count). The van der Waals surface area contributed by atoms with E-state index in [2.05, 4.69) is 0 Å². The van der Waals surface area contributed by atoms with E-state index in [1.54, 1.807) is 6.07 Å². The van der Waals surface area contributed by atoms with Crippen molar-refractivity contribution in [2.24, 2.45) is 0 Å². The lowest BCUT2D eigenvalue weighted by Gasteiger charge is -2.04. The van der Waals surface area contributed by atoms with Gasteiger partial charge in [0.2, 0.25) is 5.76 Å². The molecular weight excluding hydrogens is 170 g/mol. The summed E-state index contributed by atoms with van der Waals surface area (Å²) in [5.41, 5.74) is -0.0430. The first-order valence-corrected chi connectivity index (χ1v) is 4.10. The molecule has 0 atom stereocenters. The second kappa shape index (κ2) is 6.06. The Morgan fingerprint density at radius 1 is 1.62 bits per heavy atom. The van der Waals surface area contributed by atoms with Crippen LogP contribution in [0.25, 0.3) is 0 Å². The highest BCUT2D eigenvalue weighted by Crippen LogP contribution is 2.05. The number of hydrogen-bond donors (Lipinski definition) is 1. The summed E-state index contributed by atoms with van der Waals surface area (Å²) in [7, 11) is 0. The van der Waals surface area contributed by atoms with Gasteiger partial charge in [0.1, 0.15) is 6.07 Å². The summed E-state index contributed by atoms with van der Waals surface area (Å²) in [6, 6.07) is 1.72. The topological polar surface area (TPSA) is 70.3 Å². The van der Waals surface area contributed by atoms with Crippen LogP contribution in [0.4, 0.5) is 0 Å². The lowest BCUT2D eigenvalue weighted by Crippen LogP contribution is -2.03. The Labute approximate surface area is 77.4 Å². The van der Waals surface area contributed by atoms with Crippen molar-refractivity contribution < 1.29 is 14.6 Å². The van der Waals surface area contributed by atoms with Crippen LogP contribution in [0.15, 0.2) is 11.3 Å². The van der Waals surface area contributed by atoms with Crippen molar-refractivity contribution in [3.05, 3.63) is 11.3 Å². The van der Waals surface area contributed by atoms with E-state index < -0.39 is 5.97 Å². The van der Waals surface area contributed by atoms with Crippen molar-refractivity contribution in [2.45, 2.75) is 26.7 Å². The van der Waals surface area contributed by atoms with Crippen LogP contribution in [0.2, 0.25) is 0 Å². The Morgan fingerprint density at radius 2 is 2.23 bits per heavy atom. The van der Waals surface area contributed by atoms with E-state index in [4.69, 9.17) is 15.1 Å². The second-order valence-electron chi connectivity index (χ2n) is 2.57. The van der Waals surface area contributed by atoms with Gasteiger partial charge in [-0.05, 0) is 13.3 Å². The summed E-state index contributed by atoms with van der Waals surface area (Å²) < 4.78 is 4.99. The predicted octanol–water partition coefficient (Wildman–Crippen LogP) is 1.69. The fraction of sp³-hybridized carbons (Fsp3) is 0.556. The predicted molar refractivity (Wildman–Crippen MR) is 46.8 cm³/mol. The fourth-order valence-corrected chi connectivity index (χ4v) is 0.640. The van der Waals surface area contributed by atoms with Crippen molar-refractivity contribution in [1.82, 2.24) is 0 Å². The van der Waals surface area contributed by atoms with Gasteiger partial charge in [-0.1, -0.05) is 13.3 Å². The minimum absolute atomic E-state index is 0.0430. The number of carboxylic acid groups (broad SMARTS) is 1. The number of allylic oxidation sites excluding steroid dienone is 1. The van der Waals surface area contributed by atoms with Crippen molar-refractivity contribution >= 4 is 5.97 Å². The van der Waals surface area contributed by atoms with Crippen LogP contribution in [-0.2, 0) is 9.53 Å². The first-order chi connectivity index (χ1) is 6.13. The summed E-state index contributed by atoms with van der Waals surface area (Å²) in [5.74, 6) is -1.21. The summed E-state index contributed by atoms with van der Waals surface area (Å²) in [6.45, 7) is 3.74. The van der Waals surface area contributed by atoms with Crippen LogP contribution in [0, 0.1) is 11.3 Å². The number of unbranched alkanes of at least 4 members (excludes halogenated alkanes) is 1. The molecule has 0 unspecified atom stereocenters. The molecule has 4 nitrogen and oxygen atoms in total. The average molecular weight is 183 g/mol. The van der Waals surface area contributed by atoms with Gasteiger partial charge < -0.3 is 9.84 Å². The molecule has 0 aliphatic heterocycles. The van der Waals surface area contributed by atoms with E-state index in [0.29, 0.717) is 6.61 Å². The summed E-state index contributed by atoms with van der Waals surface area (Å²) in [4.78, 5) is 10.4. The molecule has 0 bridgehead atoms. The Kier molecular flexibility index (Phi) is 5.37. The van der Waals surface area contributed by atoms with Crippen LogP contribution in [-0.4, -0.2) is 17.7 Å². The smallest absolute Gasteiger partial charge is 0.335 e. The molecule has 0 aliphatic rings. The van der Waals surface area contributed by atoms with Crippen LogP contribution in [0.1, 0.15) is 26.7 Å². The highest BCUT2D eigenvalue weighted by atomic mass is 16.5. The van der Waals surface area contributed by atoms with E-state index in [9.17, 15) is 4.79 Å². The zero-order valence-electron chi connectivity index (χ0n) is 7.83. The monoisotopic (exact) mass is 183 g/mol. The van der Waals surface area contributed by atoms with Crippen molar-refractivity contribution in [2.75, 3.05) is 6.61 Å². The molecule has 0 heterocycles. The van der Waals surface area contributed by atoms with Gasteiger partial charge in [-0.25, -0.2) is 4.79 Å². The van der Waals surface area contributed by atoms with Crippen LogP contribution in [0.3, 0.4) is 0 Å². The number of nitrogens with zero attached hydrogens (tertiary/aromatic N) is 1. The number of aliphatic carboxylic acids is 1. The Bertz CT molecular complexity index is 250. The minimum atomic E-state index is -1.12. The molecular formula is C9H13NO3. The molecule has 0 saturated carbocycles. The van der Waals surface area contributed by atoms with E-state index >= 15 is 0 Å². The second-order valence-corrected chi connectivity index (χ2v) is 2.57. The highest BCUT2D eigenvalue weighted by molar-refractivity contribution is 5.87. The van der Waals surface area contributed by atoms with Gasteiger partial charge in [0.05, 0.1) is 12.2 Å². The highest BCUT2D eigenvalue weighted by Gasteiger charge is 2.09. The van der Waals surface area contributed by atoms with Crippen molar-refractivity contribution in [3.63, 3.8) is 0 Å². The molecule has 0 aliphatic carbocycles. The van der Waals surface area contributed by atoms with Gasteiger partial charge in [0.15, 0.2) is 0 Å². The maximum Gasteiger partial charge on any atom is 0.335 e. The quantitative estimate of drug-likeness (QED) is 0.304. The lowest BCUT2D eigenvalue weighted by atomic mass is 10.2. The molecule has 0 aromatic heterocycles. The normalized spacial score (nSPS) is 11.5. The third-order valence-corrected chi connectivity index (χ3v) is 1.51. The summed E-state index contributed by atoms with van der Waals surface area (Å²) in [6.07, 6.45) is 1.77. The zero-order valence-corrected chi connectivity index (χ0v) is 7.83. The van der Waals surface area contributed by atoms with Crippen LogP contribution < -0.4 is 0 Å². The largest absolute Gasteiger partial charge is 0.483 e. The van der Waals surface area contributed by atoms with Gasteiger partial charge >= 0.3 is 5.97 Å². The SMILES string of the molecule is CCCCOC(C#N)=C(C)C(=O)O. The van der Waals surface area contributed by atoms with Crippen LogP contribution >= 0.6 is 0 Å². The first-order valence-electron chi connectivity index (χ1n) is 4.10. The van der Waals surface area contributed by atoms with Gasteiger partial charge in [-0.15, -0.1) is 0 Å². The van der Waals surface area contributed by atoms with Gasteiger partial charge in [0.25, 0.3) is 0 Å². The molecule has 1 N–H and O–H groups in total. The minimum Gasteiger partial charge on any atom is -0.483 e. The molecule has 0 radical (unpaired) electrons. The molecule has 0 spiro atoms. The third-order valence-electron chi connectivity index (χ3n) is 1.51. The number of ether oxygens (including phenoxy) is 1. The first kappa shape index (κ1) is 11.5. The maximum absolute atomic E-state index is 10.4. The van der Waals surface area contributed by atoms with E-state index in [1.165, 1.54) is 6.92 Å². The molecule has 0 saturated heterocycles. The number of carboxylic acids is 1. The Balaban J connectivity index is 4.27. The fourth-order valence-electron chi connectivity index (χ4n) is 0.640. The number of hydrogen-bond acceptors (Lipinski definition) is 3. The van der Waals surface area contributed by atoms with E-state index in [0.717, 1.165) is 12.8 Å². The van der Waals surface area contributed by atoms with Crippen molar-refractivity contribution in [1.29, 1.82) is 5.26 Å². The number of nitriles is 1. The van der Waals surface area contributed by atoms with E-state index in [1.807, 2.05) is 6.92 Å². The Hall–Kier alpha value is -1.50. The molecule has 0 fully saturated rings. The van der Waals surface area contributed by atoms with E-state index in [-0.39, 0.29) is 11.3 Å². The molecule has 0 aromatic carbocycles. The standard InChI is InChI=1S/C9H13NO3/c1-3-4-5-13-8(6-10)7(2)9(11)12/h3-5H2,1-2H3,(H,11,12). The molecule has 4 heteroatoms. The summed E-state index contributed by atoms with van der Waals surface area (Å²) >= 11 is 0. The molecule has 0 amide bonds. The van der Waals surface area contributed by atoms with Gasteiger partial charge in [-0.3, -0.25) is 0 Å². The lowest BCUT2D eigenvalue weighted by molar-refractivity contribution is -0.132. The average Bonchev–Trinajstić information content (AvgIpc) is 2.11. The van der Waals surface area contributed by atoms with Gasteiger partial charge in [0, 0.05) is 0 Å². The molecule has 72 valence electrons. The molecule has 0 aromatic rings. The molecule has 13 heavy (non-hydrogen) atoms. The maximum atomic E-state index is 10.4. The Morgan fingerprint density at radius 3 is 2.62 bits per heavy atom. The number of rotatable bonds is 5. The van der Waals surface area contributed by atoms with Crippen LogP contribution in [0.5, 0.6) is 0 Å². The number of carbonyl (C=O) groups is 1.